The molecule has 0 aliphatic rings. The molecular formula is C56H96O6. The maximum atomic E-state index is 12.8. The van der Waals surface area contributed by atoms with Gasteiger partial charge in [-0.15, -0.1) is 0 Å². The van der Waals surface area contributed by atoms with E-state index in [2.05, 4.69) is 93.7 Å². The molecule has 0 N–H and O–H groups in total. The molecule has 0 aliphatic heterocycles. The molecule has 0 rings (SSSR count). The van der Waals surface area contributed by atoms with Gasteiger partial charge < -0.3 is 14.2 Å². The highest BCUT2D eigenvalue weighted by Crippen LogP contribution is 2.14. The second-order valence-electron chi connectivity index (χ2n) is 17.1. The third-order valence-electron chi connectivity index (χ3n) is 10.9. The van der Waals surface area contributed by atoms with Crippen LogP contribution in [0.3, 0.4) is 0 Å². The second-order valence-corrected chi connectivity index (χ2v) is 17.1. The Kier molecular flexibility index (Phi) is 47.9. The number of hydrogen-bond acceptors (Lipinski definition) is 6. The van der Waals surface area contributed by atoms with Gasteiger partial charge in [0.25, 0.3) is 0 Å². The highest BCUT2D eigenvalue weighted by molar-refractivity contribution is 5.71. The van der Waals surface area contributed by atoms with E-state index in [1.807, 2.05) is 0 Å². The largest absolute Gasteiger partial charge is 0.462 e. The smallest absolute Gasteiger partial charge is 0.306 e. The lowest BCUT2D eigenvalue weighted by atomic mass is 10.0. The number of hydrogen-bond donors (Lipinski definition) is 0. The maximum Gasteiger partial charge on any atom is 0.306 e. The molecule has 62 heavy (non-hydrogen) atoms. The fourth-order valence-corrected chi connectivity index (χ4v) is 6.98. The van der Waals surface area contributed by atoms with Crippen molar-refractivity contribution in [2.45, 2.75) is 252 Å². The van der Waals surface area contributed by atoms with Crippen molar-refractivity contribution in [2.75, 3.05) is 13.2 Å². The average Bonchev–Trinajstić information content (AvgIpc) is 3.27. The van der Waals surface area contributed by atoms with E-state index in [1.54, 1.807) is 0 Å². The van der Waals surface area contributed by atoms with Crippen molar-refractivity contribution < 1.29 is 28.6 Å². The molecule has 0 amide bonds. The van der Waals surface area contributed by atoms with E-state index in [9.17, 15) is 14.4 Å². The van der Waals surface area contributed by atoms with Gasteiger partial charge in [0.1, 0.15) is 13.2 Å². The zero-order chi connectivity index (χ0) is 45.1. The Morgan fingerprint density at radius 3 is 0.935 bits per heavy atom. The lowest BCUT2D eigenvalue weighted by Crippen LogP contribution is -2.30. The minimum Gasteiger partial charge on any atom is -0.462 e. The molecule has 0 bridgehead atoms. The molecule has 0 spiro atoms. The van der Waals surface area contributed by atoms with Gasteiger partial charge >= 0.3 is 17.9 Å². The van der Waals surface area contributed by atoms with Crippen molar-refractivity contribution >= 4 is 17.9 Å². The maximum absolute atomic E-state index is 12.8. The predicted octanol–water partition coefficient (Wildman–Crippen LogP) is 17.0. The first-order valence-electron chi connectivity index (χ1n) is 25.9. The Hall–Kier alpha value is -3.15. The van der Waals surface area contributed by atoms with Gasteiger partial charge in [-0.3, -0.25) is 14.4 Å². The lowest BCUT2D eigenvalue weighted by molar-refractivity contribution is -0.167. The molecule has 0 saturated carbocycles. The summed E-state index contributed by atoms with van der Waals surface area (Å²) in [6.07, 6.45) is 63.1. The molecule has 356 valence electrons. The summed E-state index contributed by atoms with van der Waals surface area (Å²) in [5, 5.41) is 0. The van der Waals surface area contributed by atoms with E-state index in [4.69, 9.17) is 14.2 Å². The topological polar surface area (TPSA) is 78.9 Å². The van der Waals surface area contributed by atoms with Gasteiger partial charge in [0, 0.05) is 19.3 Å². The van der Waals surface area contributed by atoms with Crippen LogP contribution in [-0.2, 0) is 28.6 Å². The van der Waals surface area contributed by atoms with E-state index < -0.39 is 6.10 Å². The number of ether oxygens (including phenoxy) is 3. The van der Waals surface area contributed by atoms with Gasteiger partial charge in [-0.1, -0.05) is 203 Å². The Morgan fingerprint density at radius 1 is 0.323 bits per heavy atom. The number of rotatable bonds is 46. The second kappa shape index (κ2) is 50.5. The summed E-state index contributed by atoms with van der Waals surface area (Å²) < 4.78 is 16.7. The van der Waals surface area contributed by atoms with Crippen LogP contribution in [0.4, 0.5) is 0 Å². The molecule has 6 nitrogen and oxygen atoms in total. The summed E-state index contributed by atoms with van der Waals surface area (Å²) in [7, 11) is 0. The third-order valence-corrected chi connectivity index (χ3v) is 10.9. The first kappa shape index (κ1) is 58.9. The average molecular weight is 865 g/mol. The Labute approximate surface area is 382 Å². The fraction of sp³-hybridized carbons (Fsp3) is 0.732. The third kappa shape index (κ3) is 47.9. The summed E-state index contributed by atoms with van der Waals surface area (Å²) in [4.78, 5) is 37.9. The number of unbranched alkanes of at least 4 members (excludes halogenated alkanes) is 23. The molecule has 0 aromatic rings. The van der Waals surface area contributed by atoms with Crippen molar-refractivity contribution in [3.8, 4) is 0 Å². The van der Waals surface area contributed by atoms with E-state index in [-0.39, 0.29) is 37.5 Å². The van der Waals surface area contributed by atoms with Crippen molar-refractivity contribution in [3.63, 3.8) is 0 Å². The van der Waals surface area contributed by atoms with Crippen molar-refractivity contribution in [1.29, 1.82) is 0 Å². The van der Waals surface area contributed by atoms with Crippen LogP contribution in [-0.4, -0.2) is 37.2 Å². The van der Waals surface area contributed by atoms with Crippen LogP contribution < -0.4 is 0 Å². The zero-order valence-corrected chi connectivity index (χ0v) is 40.6. The zero-order valence-electron chi connectivity index (χ0n) is 40.6. The van der Waals surface area contributed by atoms with Crippen LogP contribution in [0.2, 0.25) is 0 Å². The van der Waals surface area contributed by atoms with Crippen LogP contribution in [0, 0.1) is 0 Å². The van der Waals surface area contributed by atoms with E-state index >= 15 is 0 Å². The monoisotopic (exact) mass is 865 g/mol. The lowest BCUT2D eigenvalue weighted by Gasteiger charge is -2.18. The van der Waals surface area contributed by atoms with E-state index in [0.29, 0.717) is 19.3 Å². The molecule has 0 aromatic heterocycles. The van der Waals surface area contributed by atoms with Crippen LogP contribution in [0.25, 0.3) is 0 Å². The summed E-state index contributed by atoms with van der Waals surface area (Å²) in [5.41, 5.74) is 0. The standard InChI is InChI=1S/C56H96O6/c1-4-7-10-13-16-19-22-25-28-31-34-37-40-43-46-49-55(58)61-52-53(51-60-54(57)48-45-42-39-36-33-30-27-24-21-18-15-12-9-6-3)62-56(59)50-47-44-41-38-35-32-29-26-23-20-17-14-11-8-5-2/h16-17,19-20,25-26,28-29,34-35,37-38,53H,4-15,18,21-24,27,30-33,36,39-52H2,1-3H3/b19-16-,20-17-,28-25-,29-26-,37-34-,38-35-/t53-/m1/s1. The molecule has 0 fully saturated rings. The Morgan fingerprint density at radius 2 is 0.581 bits per heavy atom. The van der Waals surface area contributed by atoms with Crippen LogP contribution in [0.5, 0.6) is 0 Å². The van der Waals surface area contributed by atoms with Gasteiger partial charge in [0.05, 0.1) is 0 Å². The first-order chi connectivity index (χ1) is 30.5. The quantitative estimate of drug-likeness (QED) is 0.0262. The van der Waals surface area contributed by atoms with E-state index in [0.717, 1.165) is 77.0 Å². The Balaban J connectivity index is 4.50. The molecular weight excluding hydrogens is 769 g/mol. The molecule has 0 radical (unpaired) electrons. The molecule has 0 heterocycles. The SMILES string of the molecule is CCCCC/C=C\C/C=C\C/C=C\CCCCC(=O)OC[C@@H](COC(=O)CCCCCCCCCCCCCCCC)OC(=O)CCCC/C=C\C/C=C\C/C=C\CCCCC. The predicted molar refractivity (Wildman–Crippen MR) is 265 cm³/mol. The molecule has 0 saturated heterocycles. The molecule has 0 aliphatic carbocycles. The summed E-state index contributed by atoms with van der Waals surface area (Å²) in [6, 6.07) is 0. The van der Waals surface area contributed by atoms with Crippen molar-refractivity contribution in [2.24, 2.45) is 0 Å². The number of carbonyl (C=O) groups is 3. The number of esters is 3. The summed E-state index contributed by atoms with van der Waals surface area (Å²) in [5.74, 6) is -0.978. The first-order valence-corrected chi connectivity index (χ1v) is 25.9. The minimum atomic E-state index is -0.808. The van der Waals surface area contributed by atoms with Crippen LogP contribution in [0.1, 0.15) is 245 Å². The van der Waals surface area contributed by atoms with Gasteiger partial charge in [0.15, 0.2) is 6.10 Å². The molecule has 1 atom stereocenters. The fourth-order valence-electron chi connectivity index (χ4n) is 6.98. The molecule has 0 aromatic carbocycles. The van der Waals surface area contributed by atoms with Gasteiger partial charge in [-0.2, -0.15) is 0 Å². The number of allylic oxidation sites excluding steroid dienone is 12. The summed E-state index contributed by atoms with van der Waals surface area (Å²) in [6.45, 7) is 6.52. The minimum absolute atomic E-state index is 0.101. The molecule has 6 heteroatoms. The summed E-state index contributed by atoms with van der Waals surface area (Å²) >= 11 is 0. The highest BCUT2D eigenvalue weighted by Gasteiger charge is 2.19. The normalized spacial score (nSPS) is 12.6. The highest BCUT2D eigenvalue weighted by atomic mass is 16.6. The van der Waals surface area contributed by atoms with Crippen LogP contribution >= 0.6 is 0 Å². The molecule has 0 unspecified atom stereocenters. The van der Waals surface area contributed by atoms with Gasteiger partial charge in [-0.05, 0) is 96.3 Å². The Bertz CT molecular complexity index is 1180. The number of carbonyl (C=O) groups excluding carboxylic acids is 3. The van der Waals surface area contributed by atoms with Gasteiger partial charge in [0.2, 0.25) is 0 Å². The van der Waals surface area contributed by atoms with Crippen molar-refractivity contribution in [1.82, 2.24) is 0 Å². The van der Waals surface area contributed by atoms with Gasteiger partial charge in [-0.25, -0.2) is 0 Å². The van der Waals surface area contributed by atoms with E-state index in [1.165, 1.54) is 122 Å². The van der Waals surface area contributed by atoms with Crippen molar-refractivity contribution in [3.05, 3.63) is 72.9 Å². The van der Waals surface area contributed by atoms with Crippen LogP contribution in [0.15, 0.2) is 72.9 Å².